The van der Waals surface area contributed by atoms with Gasteiger partial charge in [0.15, 0.2) is 11.5 Å². The molecule has 1 aromatic carbocycles. The summed E-state index contributed by atoms with van der Waals surface area (Å²) in [6.07, 6.45) is 2.77. The number of ether oxygens (including phenoxy) is 4. The van der Waals surface area contributed by atoms with E-state index < -0.39 is 5.97 Å². The van der Waals surface area contributed by atoms with Crippen LogP contribution in [0.5, 0.6) is 11.5 Å². The second kappa shape index (κ2) is 12.0. The summed E-state index contributed by atoms with van der Waals surface area (Å²) in [5.41, 5.74) is 0.363. The molecule has 0 aliphatic carbocycles. The van der Waals surface area contributed by atoms with E-state index in [1.165, 1.54) is 10.6 Å². The third-order valence-corrected chi connectivity index (χ3v) is 6.38. The van der Waals surface area contributed by atoms with Gasteiger partial charge >= 0.3 is 5.97 Å². The molecule has 35 heavy (non-hydrogen) atoms. The number of aromatic nitrogens is 1. The number of nitrogens with zero attached hydrogens (tertiary/aromatic N) is 2. The minimum absolute atomic E-state index is 0.0917. The van der Waals surface area contributed by atoms with Crippen LogP contribution in [0.15, 0.2) is 23.0 Å². The van der Waals surface area contributed by atoms with E-state index in [2.05, 4.69) is 0 Å². The Bertz CT molecular complexity index is 1220. The Kier molecular flexibility index (Phi) is 9.11. The molecule has 3 rings (SSSR count). The average Bonchev–Trinajstić information content (AvgIpc) is 3.08. The van der Waals surface area contributed by atoms with E-state index >= 15 is 0 Å². The zero-order valence-electron chi connectivity index (χ0n) is 20.7. The monoisotopic (exact) mass is 504 g/mol. The van der Waals surface area contributed by atoms with Gasteiger partial charge in [-0.25, -0.2) is 4.79 Å². The van der Waals surface area contributed by atoms with Gasteiger partial charge in [-0.3, -0.25) is 14.2 Å². The van der Waals surface area contributed by atoms with Crippen LogP contribution in [0.2, 0.25) is 0 Å². The Labute approximate surface area is 208 Å². The smallest absolute Gasteiger partial charge is 0.333 e. The minimum Gasteiger partial charge on any atom is -0.493 e. The molecular formula is C25H32N2O7S. The van der Waals surface area contributed by atoms with Crippen LogP contribution in [0, 0.1) is 0 Å². The largest absolute Gasteiger partial charge is 0.493 e. The molecular weight excluding hydrogens is 472 g/mol. The Balaban J connectivity index is 2.02. The number of hydrogen-bond acceptors (Lipinski definition) is 8. The van der Waals surface area contributed by atoms with Crippen molar-refractivity contribution < 1.29 is 28.5 Å². The zero-order chi connectivity index (χ0) is 25.5. The van der Waals surface area contributed by atoms with Crippen molar-refractivity contribution in [2.24, 2.45) is 0 Å². The lowest BCUT2D eigenvalue weighted by Gasteiger charge is -2.35. The fraction of sp³-hybridized carbons (Fsp3) is 0.480. The maximum absolute atomic E-state index is 13.3. The van der Waals surface area contributed by atoms with Gasteiger partial charge in [-0.1, -0.05) is 6.07 Å². The number of carbonyl (C=O) groups is 2. The lowest BCUT2D eigenvalue weighted by Crippen LogP contribution is -2.50. The van der Waals surface area contributed by atoms with Crippen molar-refractivity contribution in [3.63, 3.8) is 0 Å². The lowest BCUT2D eigenvalue weighted by molar-refractivity contribution is -0.144. The molecule has 1 fully saturated rings. The predicted molar refractivity (Wildman–Crippen MR) is 133 cm³/mol. The summed E-state index contributed by atoms with van der Waals surface area (Å²) >= 11 is 1.12. The number of carbonyl (C=O) groups excluding carboxylic acids is 2. The summed E-state index contributed by atoms with van der Waals surface area (Å²) in [4.78, 5) is 40.2. The van der Waals surface area contributed by atoms with Gasteiger partial charge in [0.25, 0.3) is 5.56 Å². The Morgan fingerprint density at radius 2 is 1.86 bits per heavy atom. The highest BCUT2D eigenvalue weighted by molar-refractivity contribution is 7.07. The Morgan fingerprint density at radius 1 is 1.14 bits per heavy atom. The molecule has 1 aliphatic rings. The fourth-order valence-electron chi connectivity index (χ4n) is 3.89. The number of benzene rings is 1. The zero-order valence-corrected chi connectivity index (χ0v) is 21.6. The van der Waals surface area contributed by atoms with Crippen molar-refractivity contribution in [2.75, 3.05) is 33.4 Å². The maximum atomic E-state index is 13.3. The van der Waals surface area contributed by atoms with Gasteiger partial charge < -0.3 is 23.8 Å². The first-order valence-electron chi connectivity index (χ1n) is 11.6. The van der Waals surface area contributed by atoms with Crippen LogP contribution in [0.25, 0.3) is 12.2 Å². The number of methoxy groups -OCH3 is 1. The van der Waals surface area contributed by atoms with E-state index in [0.29, 0.717) is 40.4 Å². The van der Waals surface area contributed by atoms with Crippen molar-refractivity contribution in [1.82, 2.24) is 9.47 Å². The van der Waals surface area contributed by atoms with E-state index in [1.54, 1.807) is 37.1 Å². The van der Waals surface area contributed by atoms with Crippen LogP contribution >= 0.6 is 11.3 Å². The van der Waals surface area contributed by atoms with Crippen molar-refractivity contribution in [2.45, 2.75) is 46.4 Å². The molecule has 2 heterocycles. The average molecular weight is 505 g/mol. The van der Waals surface area contributed by atoms with Gasteiger partial charge in [-0.2, -0.15) is 0 Å². The molecule has 1 saturated heterocycles. The molecule has 190 valence electrons. The summed E-state index contributed by atoms with van der Waals surface area (Å²) in [6, 6.07) is 5.36. The molecule has 1 amide bonds. The Morgan fingerprint density at radius 3 is 2.49 bits per heavy atom. The summed E-state index contributed by atoms with van der Waals surface area (Å²) in [5, 5.41) is 0. The number of rotatable bonds is 8. The molecule has 0 unspecified atom stereocenters. The molecule has 0 N–H and O–H groups in total. The van der Waals surface area contributed by atoms with Gasteiger partial charge in [0, 0.05) is 13.1 Å². The van der Waals surface area contributed by atoms with Crippen molar-refractivity contribution >= 4 is 35.4 Å². The lowest BCUT2D eigenvalue weighted by atomic mass is 10.2. The summed E-state index contributed by atoms with van der Waals surface area (Å²) < 4.78 is 23.7. The van der Waals surface area contributed by atoms with Gasteiger partial charge in [0.1, 0.15) is 11.2 Å². The first-order chi connectivity index (χ1) is 16.7. The molecule has 0 spiro atoms. The Hall–Kier alpha value is -3.11. The van der Waals surface area contributed by atoms with Gasteiger partial charge in [0.2, 0.25) is 5.91 Å². The first-order valence-corrected chi connectivity index (χ1v) is 12.4. The van der Waals surface area contributed by atoms with Crippen LogP contribution < -0.4 is 24.2 Å². The molecule has 0 bridgehead atoms. The summed E-state index contributed by atoms with van der Waals surface area (Å²) in [5.74, 6) is 0.366. The minimum atomic E-state index is -0.571. The van der Waals surface area contributed by atoms with E-state index in [-0.39, 0.29) is 36.8 Å². The molecule has 0 radical (unpaired) electrons. The van der Waals surface area contributed by atoms with Crippen LogP contribution in [0.3, 0.4) is 0 Å². The van der Waals surface area contributed by atoms with Crippen LogP contribution in [-0.2, 0) is 25.6 Å². The van der Waals surface area contributed by atoms with Crippen molar-refractivity contribution in [3.05, 3.63) is 43.3 Å². The number of esters is 1. The van der Waals surface area contributed by atoms with Gasteiger partial charge in [-0.05, 0) is 51.5 Å². The van der Waals surface area contributed by atoms with Crippen molar-refractivity contribution in [1.29, 1.82) is 0 Å². The van der Waals surface area contributed by atoms with Crippen LogP contribution in [0.1, 0.15) is 33.3 Å². The predicted octanol–water partition coefficient (Wildman–Crippen LogP) is 1.13. The normalized spacial score (nSPS) is 19.1. The third-order valence-electron chi connectivity index (χ3n) is 5.32. The topological polar surface area (TPSA) is 96.3 Å². The quantitative estimate of drug-likeness (QED) is 0.497. The van der Waals surface area contributed by atoms with E-state index in [4.69, 9.17) is 18.9 Å². The molecule has 2 atom stereocenters. The van der Waals surface area contributed by atoms with E-state index in [1.807, 2.05) is 26.8 Å². The van der Waals surface area contributed by atoms with E-state index in [9.17, 15) is 14.4 Å². The molecule has 1 aromatic heterocycles. The summed E-state index contributed by atoms with van der Waals surface area (Å²) in [6.45, 7) is 8.82. The second-order valence-corrected chi connectivity index (χ2v) is 9.20. The number of hydrogen-bond donors (Lipinski definition) is 0. The fourth-order valence-corrected chi connectivity index (χ4v) is 4.93. The molecule has 2 aromatic rings. The maximum Gasteiger partial charge on any atom is 0.333 e. The highest BCUT2D eigenvalue weighted by Crippen LogP contribution is 2.28. The second-order valence-electron chi connectivity index (χ2n) is 8.14. The van der Waals surface area contributed by atoms with Gasteiger partial charge in [-0.15, -0.1) is 11.3 Å². The number of thiazole rings is 1. The summed E-state index contributed by atoms with van der Waals surface area (Å²) in [7, 11) is 1.55. The van der Waals surface area contributed by atoms with Crippen LogP contribution in [0.4, 0.5) is 0 Å². The van der Waals surface area contributed by atoms with Gasteiger partial charge in [0.05, 0.1) is 43.1 Å². The number of morpholine rings is 1. The molecule has 1 aliphatic heterocycles. The van der Waals surface area contributed by atoms with E-state index in [0.717, 1.165) is 16.9 Å². The molecule has 10 heteroatoms. The van der Waals surface area contributed by atoms with Crippen molar-refractivity contribution in [3.8, 4) is 11.5 Å². The van der Waals surface area contributed by atoms with Crippen LogP contribution in [-0.4, -0.2) is 67.0 Å². The third kappa shape index (κ3) is 6.73. The highest BCUT2D eigenvalue weighted by Gasteiger charge is 2.26. The SMILES string of the molecule is CCOC(=O)/C=c1\s/c(=C\c2ccc(OCC)c(OC)c2)c(=O)n1CC(=O)N1C[C@H](C)O[C@@H](C)C1. The molecule has 9 nitrogen and oxygen atoms in total. The highest BCUT2D eigenvalue weighted by atomic mass is 32.1. The number of amides is 1. The standard InChI is InChI=1S/C25H32N2O7S/c1-6-32-19-9-8-18(10-20(19)31-5)11-21-25(30)27(23(35-21)12-24(29)33-7-2)15-22(28)26-13-16(3)34-17(4)14-26/h8-12,16-17H,6-7,13-15H2,1-5H3/b21-11-,23-12-/t16-,17-/m0/s1. The first kappa shape index (κ1) is 26.5. The molecule has 0 saturated carbocycles.